The number of benzene rings is 1. The number of fused-ring (bicyclic) bond motifs is 1. The zero-order valence-electron chi connectivity index (χ0n) is 18.1. The fourth-order valence-corrected chi connectivity index (χ4v) is 5.29. The van der Waals surface area contributed by atoms with E-state index < -0.39 is 0 Å². The average molecular weight is 443 g/mol. The van der Waals surface area contributed by atoms with Crippen LogP contribution in [-0.4, -0.2) is 21.6 Å². The highest BCUT2D eigenvalue weighted by molar-refractivity contribution is 7.20. The summed E-state index contributed by atoms with van der Waals surface area (Å²) in [5, 5.41) is 0.446. The van der Waals surface area contributed by atoms with Crippen LogP contribution in [0.4, 0.5) is 4.39 Å². The Kier molecular flexibility index (Phi) is 6.23. The Morgan fingerprint density at radius 3 is 2.71 bits per heavy atom. The molecule has 1 saturated carbocycles. The van der Waals surface area contributed by atoms with Gasteiger partial charge in [-0.15, -0.1) is 11.3 Å². The summed E-state index contributed by atoms with van der Waals surface area (Å²) in [7, 11) is 0. The van der Waals surface area contributed by atoms with E-state index in [1.807, 2.05) is 13.8 Å². The molecule has 164 valence electrons. The number of carbonyl (C=O) groups is 1. The van der Waals surface area contributed by atoms with Crippen LogP contribution in [0.25, 0.3) is 10.2 Å². The molecule has 0 saturated heterocycles. The van der Waals surface area contributed by atoms with Gasteiger partial charge in [0.2, 0.25) is 0 Å². The Morgan fingerprint density at radius 1 is 1.29 bits per heavy atom. The predicted octanol–water partition coefficient (Wildman–Crippen LogP) is 5.57. The second-order valence-corrected chi connectivity index (χ2v) is 9.55. The molecule has 1 aliphatic rings. The van der Waals surface area contributed by atoms with Crippen LogP contribution in [0.15, 0.2) is 29.1 Å². The number of thiophene rings is 1. The first-order chi connectivity index (χ1) is 14.8. The lowest BCUT2D eigenvalue weighted by Gasteiger charge is -2.21. The maximum absolute atomic E-state index is 13.7. The maximum Gasteiger partial charge on any atom is 0.348 e. The molecule has 5 nitrogen and oxygen atoms in total. The second kappa shape index (κ2) is 8.91. The largest absolute Gasteiger partial charge is 0.458 e. The fourth-order valence-electron chi connectivity index (χ4n) is 4.23. The van der Waals surface area contributed by atoms with Gasteiger partial charge in [0.1, 0.15) is 27.5 Å². The number of rotatable bonds is 5. The Hall–Kier alpha value is -2.54. The Balaban J connectivity index is 1.76. The Bertz CT molecular complexity index is 1180. The van der Waals surface area contributed by atoms with E-state index in [2.05, 4.69) is 0 Å². The van der Waals surface area contributed by atoms with Crippen molar-refractivity contribution in [2.24, 2.45) is 0 Å². The van der Waals surface area contributed by atoms with Crippen LogP contribution in [0.5, 0.6) is 0 Å². The quantitative estimate of drug-likeness (QED) is 0.485. The Morgan fingerprint density at radius 2 is 2.03 bits per heavy atom. The van der Waals surface area contributed by atoms with Crippen LogP contribution in [0, 0.1) is 12.7 Å². The summed E-state index contributed by atoms with van der Waals surface area (Å²) in [4.78, 5) is 32.1. The molecule has 1 aliphatic carbocycles. The fraction of sp³-hybridized carbons (Fsp3) is 0.458. The first kappa shape index (κ1) is 21.7. The third-order valence-corrected chi connectivity index (χ3v) is 7.00. The molecule has 0 radical (unpaired) electrons. The number of aromatic nitrogens is 2. The van der Waals surface area contributed by atoms with Crippen LogP contribution in [0.2, 0.25) is 0 Å². The lowest BCUT2D eigenvalue weighted by Crippen LogP contribution is -2.26. The zero-order chi connectivity index (χ0) is 22.1. The molecular formula is C24H27FN2O3S. The minimum absolute atomic E-state index is 0.00861. The van der Waals surface area contributed by atoms with Crippen molar-refractivity contribution in [3.05, 3.63) is 62.3 Å². The van der Waals surface area contributed by atoms with Crippen molar-refractivity contribution in [3.8, 4) is 0 Å². The number of ether oxygens (including phenoxy) is 1. The molecule has 0 bridgehead atoms. The van der Waals surface area contributed by atoms with E-state index in [9.17, 15) is 14.0 Å². The predicted molar refractivity (Wildman–Crippen MR) is 120 cm³/mol. The molecule has 0 spiro atoms. The van der Waals surface area contributed by atoms with Gasteiger partial charge in [-0.3, -0.25) is 9.36 Å². The number of hydrogen-bond donors (Lipinski definition) is 0. The number of carbonyl (C=O) groups excluding carboxylic acids is 1. The summed E-state index contributed by atoms with van der Waals surface area (Å²) in [6.07, 6.45) is 5.08. The van der Waals surface area contributed by atoms with Crippen LogP contribution in [0.3, 0.4) is 0 Å². The third-order valence-electron chi connectivity index (χ3n) is 5.84. The van der Waals surface area contributed by atoms with Gasteiger partial charge in [-0.05, 0) is 55.9 Å². The first-order valence-electron chi connectivity index (χ1n) is 10.8. The van der Waals surface area contributed by atoms with Gasteiger partial charge in [-0.25, -0.2) is 14.2 Å². The van der Waals surface area contributed by atoms with E-state index in [-0.39, 0.29) is 35.9 Å². The van der Waals surface area contributed by atoms with Crippen molar-refractivity contribution in [3.63, 3.8) is 0 Å². The molecule has 0 atom stereocenters. The van der Waals surface area contributed by atoms with Gasteiger partial charge in [0.15, 0.2) is 0 Å². The van der Waals surface area contributed by atoms with Crippen LogP contribution in [-0.2, 0) is 11.3 Å². The van der Waals surface area contributed by atoms with Gasteiger partial charge in [0, 0.05) is 5.92 Å². The number of aryl methyl sites for hydroxylation is 1. The maximum atomic E-state index is 13.7. The minimum atomic E-state index is -0.366. The van der Waals surface area contributed by atoms with Crippen molar-refractivity contribution in [2.75, 3.05) is 0 Å². The van der Waals surface area contributed by atoms with Gasteiger partial charge in [0.25, 0.3) is 5.56 Å². The second-order valence-electron chi connectivity index (χ2n) is 8.55. The molecular weight excluding hydrogens is 415 g/mol. The summed E-state index contributed by atoms with van der Waals surface area (Å²) in [6, 6.07) is 6.22. The van der Waals surface area contributed by atoms with E-state index in [4.69, 9.17) is 9.72 Å². The molecule has 4 rings (SSSR count). The number of nitrogens with zero attached hydrogens (tertiary/aromatic N) is 2. The normalized spacial score (nSPS) is 15.0. The molecule has 2 heterocycles. The van der Waals surface area contributed by atoms with Crippen LogP contribution >= 0.6 is 11.3 Å². The summed E-state index contributed by atoms with van der Waals surface area (Å²) in [6.45, 7) is 5.94. The molecule has 0 unspecified atom stereocenters. The van der Waals surface area contributed by atoms with Gasteiger partial charge in [0.05, 0.1) is 11.9 Å². The van der Waals surface area contributed by atoms with E-state index in [0.717, 1.165) is 25.7 Å². The number of hydrogen-bond acceptors (Lipinski definition) is 5. The third kappa shape index (κ3) is 4.42. The average Bonchev–Trinajstić information content (AvgIpc) is 3.07. The molecule has 1 aromatic carbocycles. The standard InChI is InChI=1S/C24H27FN2O3S/c1-14(2)21-26-22-19(23(28)27(21)13-16-8-7-9-17(25)12-16)15(3)20(31-22)24(29)30-18-10-5-4-6-11-18/h7-9,12,14,18H,4-6,10-11,13H2,1-3H3. The minimum Gasteiger partial charge on any atom is -0.458 e. The molecule has 0 N–H and O–H groups in total. The molecule has 7 heteroatoms. The zero-order valence-corrected chi connectivity index (χ0v) is 18.9. The van der Waals surface area contributed by atoms with Gasteiger partial charge < -0.3 is 4.74 Å². The van der Waals surface area contributed by atoms with Crippen molar-refractivity contribution in [1.29, 1.82) is 0 Å². The van der Waals surface area contributed by atoms with Gasteiger partial charge >= 0.3 is 5.97 Å². The van der Waals surface area contributed by atoms with E-state index in [1.165, 1.54) is 29.9 Å². The lowest BCUT2D eigenvalue weighted by molar-refractivity contribution is 0.0216. The monoisotopic (exact) mass is 442 g/mol. The van der Waals surface area contributed by atoms with Crippen LogP contribution < -0.4 is 5.56 Å². The van der Waals surface area contributed by atoms with E-state index >= 15 is 0 Å². The lowest BCUT2D eigenvalue weighted by atomic mass is 9.98. The van der Waals surface area contributed by atoms with Crippen molar-refractivity contribution in [1.82, 2.24) is 9.55 Å². The van der Waals surface area contributed by atoms with E-state index in [1.54, 1.807) is 23.6 Å². The first-order valence-corrected chi connectivity index (χ1v) is 11.7. The van der Waals surface area contributed by atoms with Gasteiger partial charge in [-0.1, -0.05) is 32.4 Å². The summed E-state index contributed by atoms with van der Waals surface area (Å²) in [5.74, 6) is -0.0966. The van der Waals surface area contributed by atoms with Crippen molar-refractivity contribution in [2.45, 2.75) is 71.4 Å². The molecule has 1 fully saturated rings. The highest BCUT2D eigenvalue weighted by atomic mass is 32.1. The molecule has 3 aromatic rings. The SMILES string of the molecule is Cc1c(C(=O)OC2CCCCC2)sc2nc(C(C)C)n(Cc3cccc(F)c3)c(=O)c12. The van der Waals surface area contributed by atoms with Crippen molar-refractivity contribution >= 4 is 27.5 Å². The summed E-state index contributed by atoms with van der Waals surface area (Å²) < 4.78 is 21.0. The molecule has 0 aliphatic heterocycles. The van der Waals surface area contributed by atoms with Crippen molar-refractivity contribution < 1.29 is 13.9 Å². The highest BCUT2D eigenvalue weighted by Crippen LogP contribution is 2.31. The van der Waals surface area contributed by atoms with E-state index in [0.29, 0.717) is 32.0 Å². The highest BCUT2D eigenvalue weighted by Gasteiger charge is 2.26. The number of halogens is 1. The van der Waals surface area contributed by atoms with Crippen LogP contribution in [0.1, 0.15) is 78.5 Å². The molecule has 31 heavy (non-hydrogen) atoms. The summed E-state index contributed by atoms with van der Waals surface area (Å²) >= 11 is 1.22. The smallest absolute Gasteiger partial charge is 0.348 e. The topological polar surface area (TPSA) is 61.2 Å². The molecule has 0 amide bonds. The summed E-state index contributed by atoms with van der Waals surface area (Å²) in [5.41, 5.74) is 1.10. The van der Waals surface area contributed by atoms with Gasteiger partial charge in [-0.2, -0.15) is 0 Å². The molecule has 2 aromatic heterocycles. The number of esters is 1. The Labute approximate surface area is 184 Å².